The number of aryl methyl sites for hydroxylation is 1. The minimum absolute atomic E-state index is 0.0223. The van der Waals surface area contributed by atoms with E-state index in [1.54, 1.807) is 12.1 Å². The van der Waals surface area contributed by atoms with Gasteiger partial charge in [0.25, 0.3) is 5.24 Å². The molecule has 53 heavy (non-hydrogen) atoms. The van der Waals surface area contributed by atoms with Crippen molar-refractivity contribution in [2.24, 2.45) is 0 Å². The number of phenolic OH excluding ortho intramolecular Hbond substituents is 2. The second kappa shape index (κ2) is 20.5. The third kappa shape index (κ3) is 14.8. The number of carbonyl (C=O) groups is 2. The molecule has 0 radical (unpaired) electrons. The predicted molar refractivity (Wildman–Crippen MR) is 200 cm³/mol. The van der Waals surface area contributed by atoms with E-state index < -0.39 is 46.3 Å². The molecule has 0 aliphatic rings. The van der Waals surface area contributed by atoms with E-state index >= 15 is 0 Å². The molecule has 2 heterocycles. The number of carbonyl (C=O) groups excluding carboxylic acids is 2. The molecule has 0 amide bonds. The first kappa shape index (κ1) is 47.0. The number of hydrogen-bond donors (Lipinski definition) is 3. The van der Waals surface area contributed by atoms with Crippen LogP contribution in [0, 0.1) is 0 Å². The topological polar surface area (TPSA) is 263 Å². The molecule has 4 rings (SSSR count). The lowest BCUT2D eigenvalue weighted by atomic mass is 10.0. The molecule has 0 aliphatic carbocycles. The lowest BCUT2D eigenvalue weighted by molar-refractivity contribution is 0.0985. The molecule has 0 spiro atoms. The summed E-state index contributed by atoms with van der Waals surface area (Å²) in [5.41, 5.74) is 6.27. The molecular weight excluding hydrogens is 841 g/mol. The van der Waals surface area contributed by atoms with E-state index in [9.17, 15) is 39.9 Å². The second-order valence-electron chi connectivity index (χ2n) is 10.4. The van der Waals surface area contributed by atoms with Gasteiger partial charge in [-0.3, -0.25) is 9.59 Å². The summed E-state index contributed by atoms with van der Waals surface area (Å²) in [6, 6.07) is 13.5. The van der Waals surface area contributed by atoms with Crippen molar-refractivity contribution in [2.45, 2.75) is 41.4 Å². The van der Waals surface area contributed by atoms with Crippen LogP contribution in [-0.2, 0) is 53.9 Å². The molecule has 22 heteroatoms. The van der Waals surface area contributed by atoms with Gasteiger partial charge in [0, 0.05) is 24.5 Å². The quantitative estimate of drug-likeness (QED) is 0.0690. The highest BCUT2D eigenvalue weighted by Gasteiger charge is 2.22. The molecule has 0 saturated carbocycles. The van der Waals surface area contributed by atoms with Gasteiger partial charge < -0.3 is 15.9 Å². The number of nitrogens with two attached hydrogens (primary N) is 1. The van der Waals surface area contributed by atoms with Crippen LogP contribution >= 0.6 is 34.8 Å². The number of nitrogens with zero attached hydrogens (tertiary/aromatic N) is 2. The van der Waals surface area contributed by atoms with Gasteiger partial charge in [-0.25, -0.2) is 35.2 Å². The molecular formula is C31H32Cl3N3O12S4. The number of nitrogen functional groups attached to an aromatic ring is 1. The minimum atomic E-state index is -3.52. The third-order valence-corrected chi connectivity index (χ3v) is 11.2. The summed E-state index contributed by atoms with van der Waals surface area (Å²) in [5.74, 6) is -0.702. The first-order valence-corrected chi connectivity index (χ1v) is 21.7. The number of benzene rings is 2. The Morgan fingerprint density at radius 2 is 1.21 bits per heavy atom. The molecule has 0 unspecified atom stereocenters. The Morgan fingerprint density at radius 1 is 0.736 bits per heavy atom. The number of hydrogen-bond acceptors (Lipinski definition) is 15. The highest BCUT2D eigenvalue weighted by molar-refractivity contribution is 7.91. The zero-order chi connectivity index (χ0) is 40.9. The smallest absolute Gasteiger partial charge is 0.335 e. The molecule has 0 bridgehead atoms. The summed E-state index contributed by atoms with van der Waals surface area (Å²) < 4.78 is 84.8. The van der Waals surface area contributed by atoms with Crippen molar-refractivity contribution in [3.8, 4) is 11.5 Å². The fourth-order valence-electron chi connectivity index (χ4n) is 3.91. The number of halogens is 3. The van der Waals surface area contributed by atoms with Crippen LogP contribution in [0.25, 0.3) is 0 Å². The summed E-state index contributed by atoms with van der Waals surface area (Å²) >= 11 is 15.9. The molecule has 15 nitrogen and oxygen atoms in total. The average Bonchev–Trinajstić information content (AvgIpc) is 3.06. The summed E-state index contributed by atoms with van der Waals surface area (Å²) in [6.07, 6.45) is 2.60. The Bertz CT molecular complexity index is 2350. The standard InChI is InChI=1S/C16H16ClNO4S.C8H7Cl2NO3S.C7H9NO3S.O2S/c1-3-10-4-7-15(17)18-16(10)14(20)9-11-8-12(23(2,21)22)5-6-13(11)19;1-2-15(13,14)5-3-4-6(9)11-7(5)8(10)12;1-12(10,11)5-2-3-7(9)6(8)4-5;1-3-2/h4-8,19H,3,9H2,1-2H3;3-4H,2H2,1H3;2-4,9H,8H2,1H3;. The van der Waals surface area contributed by atoms with Gasteiger partial charge in [0.15, 0.2) is 35.3 Å². The highest BCUT2D eigenvalue weighted by atomic mass is 35.5. The normalized spacial score (nSPS) is 11.0. The maximum absolute atomic E-state index is 12.5. The SMILES string of the molecule is CCS(=O)(=O)c1ccc(Cl)nc1C(=O)Cl.CCc1ccc(Cl)nc1C(=O)Cc1cc(S(C)(=O)=O)ccc1O.CS(=O)(=O)c1ccc(O)c(N)c1.O=S=O. The maximum atomic E-state index is 12.5. The molecule has 4 N–H and O–H groups in total. The number of ketones is 1. The summed E-state index contributed by atoms with van der Waals surface area (Å²) in [7, 11) is -10.2. The highest BCUT2D eigenvalue weighted by Crippen LogP contribution is 2.25. The Balaban J connectivity index is 0.000000405. The Labute approximate surface area is 324 Å². The van der Waals surface area contributed by atoms with E-state index in [0.29, 0.717) is 6.42 Å². The zero-order valence-electron chi connectivity index (χ0n) is 28.1. The summed E-state index contributed by atoms with van der Waals surface area (Å²) in [4.78, 5) is 31.1. The number of sulfone groups is 3. The van der Waals surface area contributed by atoms with Crippen molar-refractivity contribution in [1.29, 1.82) is 0 Å². The van der Waals surface area contributed by atoms with Crippen LogP contribution in [0.4, 0.5) is 5.69 Å². The van der Waals surface area contributed by atoms with E-state index in [4.69, 9.17) is 54.1 Å². The molecule has 0 fully saturated rings. The van der Waals surface area contributed by atoms with E-state index in [1.807, 2.05) is 6.92 Å². The number of anilines is 1. The lowest BCUT2D eigenvalue weighted by Crippen LogP contribution is -2.10. The van der Waals surface area contributed by atoms with E-state index in [1.165, 1.54) is 55.5 Å². The molecule has 288 valence electrons. The van der Waals surface area contributed by atoms with E-state index in [2.05, 4.69) is 9.97 Å². The number of phenols is 2. The van der Waals surface area contributed by atoms with Crippen LogP contribution in [0.3, 0.4) is 0 Å². The number of aromatic nitrogens is 2. The largest absolute Gasteiger partial charge is 0.508 e. The molecule has 2 aromatic carbocycles. The molecule has 2 aromatic heterocycles. The Kier molecular flexibility index (Phi) is 18.2. The molecule has 0 saturated heterocycles. The Morgan fingerprint density at radius 3 is 1.66 bits per heavy atom. The van der Waals surface area contributed by atoms with Crippen molar-refractivity contribution in [1.82, 2.24) is 9.97 Å². The van der Waals surface area contributed by atoms with E-state index in [0.717, 1.165) is 18.1 Å². The van der Waals surface area contributed by atoms with Gasteiger partial charge in [-0.05, 0) is 78.2 Å². The number of pyridine rings is 2. The van der Waals surface area contributed by atoms with Gasteiger partial charge in [0.05, 0.1) is 26.1 Å². The van der Waals surface area contributed by atoms with Crippen LogP contribution in [0.15, 0.2) is 75.4 Å². The monoisotopic (exact) mass is 871 g/mol. The van der Waals surface area contributed by atoms with E-state index in [-0.39, 0.29) is 77.1 Å². The predicted octanol–water partition coefficient (Wildman–Crippen LogP) is 4.45. The van der Waals surface area contributed by atoms with Crippen molar-refractivity contribution < 1.29 is 53.5 Å². The second-order valence-corrected chi connectivity index (χ2v) is 17.9. The first-order chi connectivity index (χ1) is 24.4. The zero-order valence-corrected chi connectivity index (χ0v) is 33.6. The van der Waals surface area contributed by atoms with Crippen molar-refractivity contribution in [3.05, 3.63) is 93.5 Å². The van der Waals surface area contributed by atoms with Gasteiger partial charge in [0.1, 0.15) is 33.2 Å². The van der Waals surface area contributed by atoms with Crippen LogP contribution in [0.5, 0.6) is 11.5 Å². The number of rotatable bonds is 9. The van der Waals surface area contributed by atoms with Gasteiger partial charge in [-0.2, -0.15) is 8.42 Å². The van der Waals surface area contributed by atoms with Crippen molar-refractivity contribution in [2.75, 3.05) is 24.0 Å². The number of aromatic hydroxyl groups is 2. The van der Waals surface area contributed by atoms with Crippen LogP contribution in [0.1, 0.15) is 46.0 Å². The molecule has 0 aliphatic heterocycles. The lowest BCUT2D eigenvalue weighted by Gasteiger charge is -2.09. The first-order valence-electron chi connectivity index (χ1n) is 14.4. The fourth-order valence-corrected chi connectivity index (χ4v) is 6.76. The molecule has 0 atom stereocenters. The third-order valence-electron chi connectivity index (χ3n) is 6.57. The fraction of sp³-hybridized carbons (Fsp3) is 0.226. The maximum Gasteiger partial charge on any atom is 0.335 e. The van der Waals surface area contributed by atoms with Crippen molar-refractivity contribution in [3.63, 3.8) is 0 Å². The Hall–Kier alpha value is -3.98. The van der Waals surface area contributed by atoms with Gasteiger partial charge >= 0.3 is 11.6 Å². The van der Waals surface area contributed by atoms with Crippen molar-refractivity contribution >= 4 is 92.6 Å². The average molecular weight is 873 g/mol. The molecule has 4 aromatic rings. The van der Waals surface area contributed by atoms with Gasteiger partial charge in [0.2, 0.25) is 0 Å². The van der Waals surface area contributed by atoms with Gasteiger partial charge in [-0.1, -0.05) is 43.1 Å². The minimum Gasteiger partial charge on any atom is -0.508 e. The summed E-state index contributed by atoms with van der Waals surface area (Å²) in [6.45, 7) is 3.36. The number of Topliss-reactive ketones (excluding diaryl/α,β-unsaturated/α-hetero) is 1. The van der Waals surface area contributed by atoms with Gasteiger partial charge in [-0.15, -0.1) is 0 Å². The van der Waals surface area contributed by atoms with Crippen LogP contribution in [-0.4, -0.2) is 83.1 Å². The van der Waals surface area contributed by atoms with Crippen LogP contribution < -0.4 is 5.73 Å². The summed E-state index contributed by atoms with van der Waals surface area (Å²) in [5, 5.41) is 18.2. The van der Waals surface area contributed by atoms with Crippen LogP contribution in [0.2, 0.25) is 10.3 Å².